The van der Waals surface area contributed by atoms with Crippen LogP contribution in [-0.4, -0.2) is 52.7 Å². The van der Waals surface area contributed by atoms with E-state index in [2.05, 4.69) is 4.98 Å². The van der Waals surface area contributed by atoms with Gasteiger partial charge in [-0.3, -0.25) is 4.79 Å². The van der Waals surface area contributed by atoms with E-state index in [0.717, 1.165) is 5.56 Å². The number of hydrogen-bond donors (Lipinski definition) is 1. The number of hydrogen-bond acceptors (Lipinski definition) is 6. The maximum Gasteiger partial charge on any atom is 0.334 e. The molecule has 2 aromatic heterocycles. The Hall–Kier alpha value is -2.19. The fraction of sp³-hybridized carbons (Fsp3) is 0.308. The lowest BCUT2D eigenvalue weighted by molar-refractivity contribution is -0.154. The van der Waals surface area contributed by atoms with Crippen molar-refractivity contribution in [1.82, 2.24) is 9.88 Å². The summed E-state index contributed by atoms with van der Waals surface area (Å²) < 4.78 is 10.1. The number of morpholine rings is 1. The van der Waals surface area contributed by atoms with Gasteiger partial charge >= 0.3 is 5.97 Å². The van der Waals surface area contributed by atoms with Gasteiger partial charge in [-0.05, 0) is 6.07 Å². The Morgan fingerprint density at radius 2 is 2.33 bits per heavy atom. The Balaban J connectivity index is 1.74. The summed E-state index contributed by atoms with van der Waals surface area (Å²) in [6, 6.07) is 1.77. The largest absolute Gasteiger partial charge is 0.479 e. The van der Waals surface area contributed by atoms with Crippen molar-refractivity contribution in [1.29, 1.82) is 0 Å². The van der Waals surface area contributed by atoms with Gasteiger partial charge in [0.1, 0.15) is 17.0 Å². The van der Waals surface area contributed by atoms with Crippen molar-refractivity contribution in [3.8, 4) is 10.6 Å². The maximum absolute atomic E-state index is 12.3. The number of carbonyl (C=O) groups is 2. The van der Waals surface area contributed by atoms with Gasteiger partial charge in [0.25, 0.3) is 5.91 Å². The third-order valence-electron chi connectivity index (χ3n) is 3.12. The molecule has 1 atom stereocenters. The van der Waals surface area contributed by atoms with E-state index in [1.54, 1.807) is 17.7 Å². The van der Waals surface area contributed by atoms with Gasteiger partial charge < -0.3 is 19.2 Å². The van der Waals surface area contributed by atoms with E-state index < -0.39 is 12.1 Å². The van der Waals surface area contributed by atoms with Crippen molar-refractivity contribution < 1.29 is 23.8 Å². The van der Waals surface area contributed by atoms with Crippen molar-refractivity contribution in [3.63, 3.8) is 0 Å². The number of carboxylic acids is 1. The molecule has 7 nitrogen and oxygen atoms in total. The molecule has 1 fully saturated rings. The Bertz CT molecular complexity index is 651. The summed E-state index contributed by atoms with van der Waals surface area (Å²) >= 11 is 1.34. The molecule has 8 heteroatoms. The molecule has 1 amide bonds. The van der Waals surface area contributed by atoms with Crippen LogP contribution in [0.4, 0.5) is 0 Å². The molecule has 3 rings (SSSR count). The molecule has 3 heterocycles. The van der Waals surface area contributed by atoms with Crippen molar-refractivity contribution in [3.05, 3.63) is 29.7 Å². The van der Waals surface area contributed by atoms with Crippen LogP contribution >= 0.6 is 11.3 Å². The van der Waals surface area contributed by atoms with Gasteiger partial charge in [-0.15, -0.1) is 11.3 Å². The van der Waals surface area contributed by atoms with E-state index in [4.69, 9.17) is 14.3 Å². The van der Waals surface area contributed by atoms with Crippen LogP contribution in [0.15, 0.2) is 28.4 Å². The zero-order valence-electron chi connectivity index (χ0n) is 10.9. The molecule has 0 aliphatic carbocycles. The third kappa shape index (κ3) is 2.81. The highest BCUT2D eigenvalue weighted by Gasteiger charge is 2.30. The quantitative estimate of drug-likeness (QED) is 0.919. The average molecular weight is 308 g/mol. The number of aliphatic carboxylic acids is 1. The van der Waals surface area contributed by atoms with Crippen LogP contribution in [0.2, 0.25) is 0 Å². The molecule has 2 aromatic rings. The summed E-state index contributed by atoms with van der Waals surface area (Å²) in [6.45, 7) is 0.607. The highest BCUT2D eigenvalue weighted by molar-refractivity contribution is 7.13. The summed E-state index contributed by atoms with van der Waals surface area (Å²) in [7, 11) is 0. The summed E-state index contributed by atoms with van der Waals surface area (Å²) in [4.78, 5) is 29.0. The van der Waals surface area contributed by atoms with Crippen molar-refractivity contribution in [2.24, 2.45) is 0 Å². The number of nitrogens with zero attached hydrogens (tertiary/aromatic N) is 2. The number of aromatic nitrogens is 1. The van der Waals surface area contributed by atoms with Crippen LogP contribution in [0.3, 0.4) is 0 Å². The van der Waals surface area contributed by atoms with Gasteiger partial charge in [-0.25, -0.2) is 9.78 Å². The Morgan fingerprint density at radius 3 is 3.05 bits per heavy atom. The van der Waals surface area contributed by atoms with Crippen molar-refractivity contribution in [2.45, 2.75) is 6.10 Å². The maximum atomic E-state index is 12.3. The van der Waals surface area contributed by atoms with Crippen LogP contribution in [0.25, 0.3) is 10.6 Å². The molecule has 1 N–H and O–H groups in total. The van der Waals surface area contributed by atoms with Gasteiger partial charge in [0, 0.05) is 17.5 Å². The minimum absolute atomic E-state index is 0.0345. The molecule has 21 heavy (non-hydrogen) atoms. The molecule has 0 unspecified atom stereocenters. The second kappa shape index (κ2) is 5.66. The zero-order chi connectivity index (χ0) is 14.8. The molecule has 0 spiro atoms. The van der Waals surface area contributed by atoms with Gasteiger partial charge in [0.2, 0.25) is 0 Å². The summed E-state index contributed by atoms with van der Waals surface area (Å²) in [5.41, 5.74) is 1.12. The standard InChI is InChI=1S/C13H12N2O5S/c16-12(15-2-4-20-10(5-15)13(17)18)9-7-21-11(14-9)8-1-3-19-6-8/h1,3,6-7,10H,2,4-5H2,(H,17,18)/t10-/m0/s1. The number of carboxylic acid groups (broad SMARTS) is 1. The fourth-order valence-corrected chi connectivity index (χ4v) is 2.82. The van der Waals surface area contributed by atoms with Gasteiger partial charge in [0.05, 0.1) is 19.4 Å². The average Bonchev–Trinajstić information content (AvgIpc) is 3.17. The Labute approximate surface area is 123 Å². The normalized spacial score (nSPS) is 18.7. The number of thiazole rings is 1. The van der Waals surface area contributed by atoms with E-state index in [1.807, 2.05) is 0 Å². The molecule has 1 aliphatic heterocycles. The van der Waals surface area contributed by atoms with E-state index in [9.17, 15) is 9.59 Å². The van der Waals surface area contributed by atoms with Crippen molar-refractivity contribution >= 4 is 23.2 Å². The predicted molar refractivity (Wildman–Crippen MR) is 73.1 cm³/mol. The lowest BCUT2D eigenvalue weighted by atomic mass is 10.2. The number of carbonyl (C=O) groups excluding carboxylic acids is 1. The third-order valence-corrected chi connectivity index (χ3v) is 4.01. The first kappa shape index (κ1) is 13.8. The number of furan rings is 1. The summed E-state index contributed by atoms with van der Waals surface area (Å²) in [6.07, 6.45) is 2.12. The first-order chi connectivity index (χ1) is 10.1. The summed E-state index contributed by atoms with van der Waals surface area (Å²) in [5, 5.41) is 11.3. The van der Waals surface area contributed by atoms with E-state index in [-0.39, 0.29) is 19.1 Å². The topological polar surface area (TPSA) is 92.9 Å². The first-order valence-electron chi connectivity index (χ1n) is 6.27. The van der Waals surface area contributed by atoms with Crippen LogP contribution in [0.1, 0.15) is 10.5 Å². The Kier molecular flexibility index (Phi) is 3.72. The SMILES string of the molecule is O=C(O)[C@@H]1CN(C(=O)c2csc(-c3ccoc3)n2)CCO1. The zero-order valence-corrected chi connectivity index (χ0v) is 11.7. The van der Waals surface area contributed by atoms with Crippen LogP contribution < -0.4 is 0 Å². The molecular weight excluding hydrogens is 296 g/mol. The van der Waals surface area contributed by atoms with Gasteiger partial charge in [-0.1, -0.05) is 0 Å². The highest BCUT2D eigenvalue weighted by Crippen LogP contribution is 2.24. The lowest BCUT2D eigenvalue weighted by Gasteiger charge is -2.30. The second-order valence-electron chi connectivity index (χ2n) is 4.50. The molecular formula is C13H12N2O5S. The number of amides is 1. The fourth-order valence-electron chi connectivity index (χ4n) is 2.04. The number of rotatable bonds is 3. The molecule has 1 saturated heterocycles. The molecule has 110 valence electrons. The van der Waals surface area contributed by atoms with Crippen molar-refractivity contribution in [2.75, 3.05) is 19.7 Å². The summed E-state index contributed by atoms with van der Waals surface area (Å²) in [5.74, 6) is -1.35. The molecule has 0 aromatic carbocycles. The van der Waals surface area contributed by atoms with Gasteiger partial charge in [0.15, 0.2) is 6.10 Å². The van der Waals surface area contributed by atoms with E-state index in [1.165, 1.54) is 22.5 Å². The minimum Gasteiger partial charge on any atom is -0.479 e. The monoisotopic (exact) mass is 308 g/mol. The second-order valence-corrected chi connectivity index (χ2v) is 5.36. The molecule has 0 bridgehead atoms. The lowest BCUT2D eigenvalue weighted by Crippen LogP contribution is -2.48. The predicted octanol–water partition coefficient (Wildman–Crippen LogP) is 1.33. The van der Waals surface area contributed by atoms with Crippen LogP contribution in [0.5, 0.6) is 0 Å². The van der Waals surface area contributed by atoms with Crippen LogP contribution in [0, 0.1) is 0 Å². The van der Waals surface area contributed by atoms with E-state index >= 15 is 0 Å². The Morgan fingerprint density at radius 1 is 1.48 bits per heavy atom. The smallest absolute Gasteiger partial charge is 0.334 e. The first-order valence-corrected chi connectivity index (χ1v) is 7.15. The number of ether oxygens (including phenoxy) is 1. The van der Waals surface area contributed by atoms with Crippen LogP contribution in [-0.2, 0) is 9.53 Å². The van der Waals surface area contributed by atoms with Gasteiger partial charge in [-0.2, -0.15) is 0 Å². The minimum atomic E-state index is -1.06. The molecule has 0 saturated carbocycles. The van der Waals surface area contributed by atoms with E-state index in [0.29, 0.717) is 17.2 Å². The molecule has 1 aliphatic rings. The molecule has 0 radical (unpaired) electrons. The highest BCUT2D eigenvalue weighted by atomic mass is 32.1.